The number of carbonyl (C=O) groups excluding carboxylic acids is 2. The van der Waals surface area contributed by atoms with E-state index in [4.69, 9.17) is 9.47 Å². The highest BCUT2D eigenvalue weighted by molar-refractivity contribution is 5.89. The molecule has 2 aliphatic heterocycles. The zero-order valence-corrected chi connectivity index (χ0v) is 12.9. The molecule has 22 heavy (non-hydrogen) atoms. The molecule has 2 heterocycles. The first-order valence-corrected chi connectivity index (χ1v) is 7.67. The van der Waals surface area contributed by atoms with E-state index in [0.717, 1.165) is 12.8 Å². The Morgan fingerprint density at radius 1 is 1.18 bits per heavy atom. The maximum atomic E-state index is 12.3. The van der Waals surface area contributed by atoms with Crippen LogP contribution in [0.2, 0.25) is 0 Å². The van der Waals surface area contributed by atoms with Crippen molar-refractivity contribution in [2.24, 2.45) is 5.92 Å². The number of hydrogen-bond donors (Lipinski definition) is 0. The van der Waals surface area contributed by atoms with Crippen molar-refractivity contribution >= 4 is 11.9 Å². The molecule has 1 aromatic rings. The first kappa shape index (κ1) is 15.0. The van der Waals surface area contributed by atoms with Gasteiger partial charge < -0.3 is 9.47 Å². The number of methoxy groups -OCH3 is 1. The minimum Gasteiger partial charge on any atom is -0.469 e. The van der Waals surface area contributed by atoms with Crippen molar-refractivity contribution in [2.45, 2.75) is 37.5 Å². The first-order valence-electron chi connectivity index (χ1n) is 7.67. The highest BCUT2D eigenvalue weighted by Crippen LogP contribution is 2.40. The molecular formula is C17H21NO4. The zero-order chi connectivity index (χ0) is 15.7. The summed E-state index contributed by atoms with van der Waals surface area (Å²) in [5.74, 6) is -1.06. The maximum absolute atomic E-state index is 12.3. The third-order valence-electron chi connectivity index (χ3n) is 4.96. The summed E-state index contributed by atoms with van der Waals surface area (Å²) in [7, 11) is 3.42. The van der Waals surface area contributed by atoms with E-state index in [1.54, 1.807) is 24.3 Å². The lowest BCUT2D eigenvalue weighted by atomic mass is 9.87. The van der Waals surface area contributed by atoms with Gasteiger partial charge in [0.1, 0.15) is 12.0 Å². The number of esters is 2. The molecular weight excluding hydrogens is 282 g/mol. The van der Waals surface area contributed by atoms with E-state index in [1.165, 1.54) is 7.11 Å². The normalized spacial score (nSPS) is 30.8. The molecule has 0 spiro atoms. The van der Waals surface area contributed by atoms with E-state index >= 15 is 0 Å². The zero-order valence-electron chi connectivity index (χ0n) is 12.9. The number of nitrogens with zero attached hydrogens (tertiary/aromatic N) is 1. The van der Waals surface area contributed by atoms with E-state index < -0.39 is 12.0 Å². The Kier molecular flexibility index (Phi) is 4.16. The van der Waals surface area contributed by atoms with Gasteiger partial charge >= 0.3 is 11.9 Å². The van der Waals surface area contributed by atoms with E-state index in [1.807, 2.05) is 13.1 Å². The lowest BCUT2D eigenvalue weighted by Crippen LogP contribution is -2.53. The highest BCUT2D eigenvalue weighted by atomic mass is 16.6. The number of ether oxygens (including phenoxy) is 2. The van der Waals surface area contributed by atoms with Gasteiger partial charge in [0, 0.05) is 18.5 Å². The van der Waals surface area contributed by atoms with Crippen LogP contribution in [-0.2, 0) is 14.3 Å². The van der Waals surface area contributed by atoms with E-state index in [9.17, 15) is 9.59 Å². The SMILES string of the molecule is COC(=O)[C@H]1C(OC(=O)c2ccccc2)C[C@@H]2CC[C@@H]1N2C. The summed E-state index contributed by atoms with van der Waals surface area (Å²) in [6, 6.07) is 9.36. The predicted molar refractivity (Wildman–Crippen MR) is 80.3 cm³/mol. The fraction of sp³-hybridized carbons (Fsp3) is 0.529. The number of hydrogen-bond acceptors (Lipinski definition) is 5. The molecule has 5 nitrogen and oxygen atoms in total. The van der Waals surface area contributed by atoms with Crippen LogP contribution in [0.4, 0.5) is 0 Å². The van der Waals surface area contributed by atoms with Crippen LogP contribution in [0.25, 0.3) is 0 Å². The minimum absolute atomic E-state index is 0.0970. The van der Waals surface area contributed by atoms with Crippen molar-refractivity contribution < 1.29 is 19.1 Å². The summed E-state index contributed by atoms with van der Waals surface area (Å²) in [6.45, 7) is 0. The number of benzene rings is 1. The van der Waals surface area contributed by atoms with Gasteiger partial charge in [-0.15, -0.1) is 0 Å². The van der Waals surface area contributed by atoms with E-state index in [-0.39, 0.29) is 18.0 Å². The van der Waals surface area contributed by atoms with Gasteiger partial charge in [0.15, 0.2) is 0 Å². The molecule has 0 amide bonds. The Hall–Kier alpha value is -1.88. The summed E-state index contributed by atoms with van der Waals surface area (Å²) in [5.41, 5.74) is 0.511. The van der Waals surface area contributed by atoms with Gasteiger partial charge in [-0.3, -0.25) is 9.69 Å². The molecule has 2 aliphatic rings. The molecule has 0 aliphatic carbocycles. The largest absolute Gasteiger partial charge is 0.469 e. The lowest BCUT2D eigenvalue weighted by Gasteiger charge is -2.40. The topological polar surface area (TPSA) is 55.8 Å². The van der Waals surface area contributed by atoms with Gasteiger partial charge in [0.2, 0.25) is 0 Å². The molecule has 1 unspecified atom stereocenters. The minimum atomic E-state index is -0.408. The number of rotatable bonds is 3. The molecule has 5 heteroatoms. The van der Waals surface area contributed by atoms with Crippen LogP contribution in [0, 0.1) is 5.92 Å². The fourth-order valence-electron chi connectivity index (χ4n) is 3.77. The summed E-state index contributed by atoms with van der Waals surface area (Å²) in [5, 5.41) is 0. The van der Waals surface area contributed by atoms with Gasteiger partial charge in [-0.25, -0.2) is 4.79 Å². The molecule has 2 saturated heterocycles. The highest BCUT2D eigenvalue weighted by Gasteiger charge is 2.50. The van der Waals surface area contributed by atoms with Crippen LogP contribution in [-0.4, -0.2) is 49.2 Å². The maximum Gasteiger partial charge on any atom is 0.338 e. The van der Waals surface area contributed by atoms with Crippen LogP contribution in [0.3, 0.4) is 0 Å². The molecule has 0 radical (unpaired) electrons. The monoisotopic (exact) mass is 303 g/mol. The summed E-state index contributed by atoms with van der Waals surface area (Å²) >= 11 is 0. The third-order valence-corrected chi connectivity index (χ3v) is 4.96. The predicted octanol–water partition coefficient (Wildman–Crippen LogP) is 1.87. The van der Waals surface area contributed by atoms with Crippen LogP contribution in [0.5, 0.6) is 0 Å². The molecule has 2 bridgehead atoms. The van der Waals surface area contributed by atoms with E-state index in [2.05, 4.69) is 4.90 Å². The standard InChI is InChI=1S/C17H21NO4/c1-18-12-8-9-13(18)15(17(20)21-2)14(10-12)22-16(19)11-6-4-3-5-7-11/h3-7,12-15H,8-10H2,1-2H3/t12-,13-,14?,15+/m0/s1. The van der Waals surface area contributed by atoms with Crippen LogP contribution in [0.1, 0.15) is 29.6 Å². The van der Waals surface area contributed by atoms with E-state index in [0.29, 0.717) is 18.0 Å². The van der Waals surface area contributed by atoms with Crippen molar-refractivity contribution in [3.05, 3.63) is 35.9 Å². The Morgan fingerprint density at radius 2 is 1.91 bits per heavy atom. The molecule has 0 N–H and O–H groups in total. The average molecular weight is 303 g/mol. The Labute approximate surface area is 130 Å². The van der Waals surface area contributed by atoms with Crippen molar-refractivity contribution in [1.82, 2.24) is 4.90 Å². The van der Waals surface area contributed by atoms with Gasteiger partial charge in [0.25, 0.3) is 0 Å². The van der Waals surface area contributed by atoms with Crippen LogP contribution >= 0.6 is 0 Å². The van der Waals surface area contributed by atoms with Crippen molar-refractivity contribution in [3.8, 4) is 0 Å². The average Bonchev–Trinajstić information content (AvgIpc) is 2.78. The number of carbonyl (C=O) groups is 2. The second-order valence-corrected chi connectivity index (χ2v) is 6.06. The van der Waals surface area contributed by atoms with Crippen LogP contribution in [0.15, 0.2) is 30.3 Å². The van der Waals surface area contributed by atoms with Gasteiger partial charge in [-0.1, -0.05) is 18.2 Å². The number of piperidine rings is 1. The summed E-state index contributed by atoms with van der Waals surface area (Å²) < 4.78 is 10.6. The fourth-order valence-corrected chi connectivity index (χ4v) is 3.77. The molecule has 4 atom stereocenters. The Balaban J connectivity index is 1.79. The summed E-state index contributed by atoms with van der Waals surface area (Å²) in [4.78, 5) is 26.7. The smallest absolute Gasteiger partial charge is 0.338 e. The van der Waals surface area contributed by atoms with Gasteiger partial charge in [-0.2, -0.15) is 0 Å². The molecule has 3 rings (SSSR count). The molecule has 0 saturated carbocycles. The first-order chi connectivity index (χ1) is 10.6. The Morgan fingerprint density at radius 3 is 2.59 bits per heavy atom. The van der Waals surface area contributed by atoms with Gasteiger partial charge in [-0.05, 0) is 32.0 Å². The second kappa shape index (κ2) is 6.08. The lowest BCUT2D eigenvalue weighted by molar-refractivity contribution is -0.156. The number of fused-ring (bicyclic) bond motifs is 2. The van der Waals surface area contributed by atoms with Gasteiger partial charge in [0.05, 0.1) is 12.7 Å². The van der Waals surface area contributed by atoms with Crippen molar-refractivity contribution in [1.29, 1.82) is 0 Å². The Bertz CT molecular complexity index is 559. The van der Waals surface area contributed by atoms with Crippen molar-refractivity contribution in [2.75, 3.05) is 14.2 Å². The molecule has 1 aromatic carbocycles. The summed E-state index contributed by atoms with van der Waals surface area (Å²) in [6.07, 6.45) is 2.26. The quantitative estimate of drug-likeness (QED) is 0.798. The third kappa shape index (κ3) is 2.61. The molecule has 0 aromatic heterocycles. The molecule has 118 valence electrons. The molecule has 2 fully saturated rings. The van der Waals surface area contributed by atoms with Crippen molar-refractivity contribution in [3.63, 3.8) is 0 Å². The van der Waals surface area contributed by atoms with Crippen LogP contribution < -0.4 is 0 Å². The second-order valence-electron chi connectivity index (χ2n) is 6.06.